The Kier molecular flexibility index (Phi) is 6.61. The maximum Gasteiger partial charge on any atom is 0.147 e. The first-order valence-electron chi connectivity index (χ1n) is 6.44. The van der Waals surface area contributed by atoms with E-state index in [1.165, 1.54) is 0 Å². The smallest absolute Gasteiger partial charge is 0.147 e. The van der Waals surface area contributed by atoms with Crippen LogP contribution in [0.3, 0.4) is 0 Å². The molecule has 3 nitrogen and oxygen atoms in total. The summed E-state index contributed by atoms with van der Waals surface area (Å²) in [6, 6.07) is -0.179. The minimum Gasteiger partial charge on any atom is -0.310 e. The van der Waals surface area contributed by atoms with E-state index >= 15 is 0 Å². The number of rotatable bonds is 8. The number of carbonyl (C=O) groups is 2. The van der Waals surface area contributed by atoms with Crippen LogP contribution in [-0.2, 0) is 9.59 Å². The number of nitrogens with one attached hydrogen (secondary N) is 1. The van der Waals surface area contributed by atoms with Gasteiger partial charge in [0, 0.05) is 5.92 Å². The molecule has 0 fully saturated rings. The lowest BCUT2D eigenvalue weighted by molar-refractivity contribution is -0.125. The molecule has 1 N–H and O–H groups in total. The monoisotopic (exact) mass is 241 g/mol. The molecule has 17 heavy (non-hydrogen) atoms. The SMILES string of the molecule is CCCC(CC(C)(C)C(NC)C(C)=O)C(C)=O. The Morgan fingerprint density at radius 3 is 2.00 bits per heavy atom. The van der Waals surface area contributed by atoms with E-state index in [-0.39, 0.29) is 28.9 Å². The van der Waals surface area contributed by atoms with Gasteiger partial charge in [0.05, 0.1) is 6.04 Å². The second-order valence-electron chi connectivity index (χ2n) is 5.62. The second-order valence-corrected chi connectivity index (χ2v) is 5.62. The normalized spacial score (nSPS) is 15.4. The van der Waals surface area contributed by atoms with Crippen LogP contribution in [0.4, 0.5) is 0 Å². The lowest BCUT2D eigenvalue weighted by Crippen LogP contribution is -2.46. The number of Topliss-reactive ketones (excluding diaryl/α,β-unsaturated/α-hetero) is 2. The third-order valence-corrected chi connectivity index (χ3v) is 3.46. The fourth-order valence-corrected chi connectivity index (χ4v) is 2.69. The molecule has 0 aromatic rings. The molecule has 2 atom stereocenters. The van der Waals surface area contributed by atoms with Crippen molar-refractivity contribution in [3.8, 4) is 0 Å². The Morgan fingerprint density at radius 2 is 1.71 bits per heavy atom. The lowest BCUT2D eigenvalue weighted by Gasteiger charge is -2.35. The standard InChI is InChI=1S/C14H27NO2/c1-7-8-12(10(2)16)9-14(4,5)13(15-6)11(3)17/h12-13,15H,7-9H2,1-6H3. The van der Waals surface area contributed by atoms with Crippen molar-refractivity contribution < 1.29 is 9.59 Å². The summed E-state index contributed by atoms with van der Waals surface area (Å²) in [6.45, 7) is 9.45. The van der Waals surface area contributed by atoms with Gasteiger partial charge < -0.3 is 5.32 Å². The van der Waals surface area contributed by atoms with E-state index in [9.17, 15) is 9.59 Å². The van der Waals surface area contributed by atoms with Crippen molar-refractivity contribution in [2.24, 2.45) is 11.3 Å². The van der Waals surface area contributed by atoms with Crippen LogP contribution in [-0.4, -0.2) is 24.7 Å². The van der Waals surface area contributed by atoms with Crippen molar-refractivity contribution in [3.63, 3.8) is 0 Å². The van der Waals surface area contributed by atoms with E-state index in [2.05, 4.69) is 26.1 Å². The summed E-state index contributed by atoms with van der Waals surface area (Å²) in [5.74, 6) is 0.444. The van der Waals surface area contributed by atoms with Crippen molar-refractivity contribution in [3.05, 3.63) is 0 Å². The molecule has 3 heteroatoms. The van der Waals surface area contributed by atoms with Crippen LogP contribution in [0.2, 0.25) is 0 Å². The van der Waals surface area contributed by atoms with Gasteiger partial charge in [0.25, 0.3) is 0 Å². The van der Waals surface area contributed by atoms with Gasteiger partial charge in [-0.05, 0) is 39.2 Å². The summed E-state index contributed by atoms with van der Waals surface area (Å²) in [7, 11) is 1.80. The maximum atomic E-state index is 11.6. The number of hydrogen-bond donors (Lipinski definition) is 1. The predicted octanol–water partition coefficient (Wildman–Crippen LogP) is 2.59. The minimum absolute atomic E-state index is 0.0743. The number of ketones is 2. The zero-order valence-corrected chi connectivity index (χ0v) is 12.1. The minimum atomic E-state index is -0.188. The molecule has 0 saturated heterocycles. The van der Waals surface area contributed by atoms with E-state index in [4.69, 9.17) is 0 Å². The Labute approximate surface area is 105 Å². The molecular formula is C14H27NO2. The van der Waals surface area contributed by atoms with Crippen molar-refractivity contribution in [2.75, 3.05) is 7.05 Å². The van der Waals surface area contributed by atoms with Crippen LogP contribution in [0.5, 0.6) is 0 Å². The molecule has 100 valence electrons. The summed E-state index contributed by atoms with van der Waals surface area (Å²) in [5, 5.41) is 3.07. The third kappa shape index (κ3) is 4.99. The Morgan fingerprint density at radius 1 is 1.18 bits per heavy atom. The highest BCUT2D eigenvalue weighted by molar-refractivity contribution is 5.82. The number of hydrogen-bond acceptors (Lipinski definition) is 3. The highest BCUT2D eigenvalue weighted by Gasteiger charge is 2.34. The van der Waals surface area contributed by atoms with Crippen LogP contribution < -0.4 is 5.32 Å². The first-order chi connectivity index (χ1) is 7.76. The van der Waals surface area contributed by atoms with Crippen molar-refractivity contribution >= 4 is 11.6 Å². The van der Waals surface area contributed by atoms with Crippen LogP contribution >= 0.6 is 0 Å². The van der Waals surface area contributed by atoms with Crippen LogP contribution in [0.15, 0.2) is 0 Å². The number of likely N-dealkylation sites (N-methyl/N-ethyl adjacent to an activating group) is 1. The van der Waals surface area contributed by atoms with Gasteiger partial charge >= 0.3 is 0 Å². The van der Waals surface area contributed by atoms with E-state index in [1.807, 2.05) is 0 Å². The van der Waals surface area contributed by atoms with Crippen LogP contribution in [0.1, 0.15) is 53.9 Å². The van der Waals surface area contributed by atoms with E-state index < -0.39 is 0 Å². The second kappa shape index (κ2) is 6.90. The molecule has 0 saturated carbocycles. The van der Waals surface area contributed by atoms with E-state index in [0.717, 1.165) is 19.3 Å². The topological polar surface area (TPSA) is 46.2 Å². The third-order valence-electron chi connectivity index (χ3n) is 3.46. The predicted molar refractivity (Wildman–Crippen MR) is 71.0 cm³/mol. The molecule has 0 aliphatic carbocycles. The average Bonchev–Trinajstić information content (AvgIpc) is 2.16. The molecule has 0 aliphatic rings. The van der Waals surface area contributed by atoms with Gasteiger partial charge in [0.2, 0.25) is 0 Å². The summed E-state index contributed by atoms with van der Waals surface area (Å²) in [4.78, 5) is 23.2. The van der Waals surface area contributed by atoms with Gasteiger partial charge in [-0.2, -0.15) is 0 Å². The van der Waals surface area contributed by atoms with Gasteiger partial charge in [-0.25, -0.2) is 0 Å². The Hall–Kier alpha value is -0.700. The fraction of sp³-hybridized carbons (Fsp3) is 0.857. The summed E-state index contributed by atoms with van der Waals surface area (Å²) in [6.07, 6.45) is 2.68. The quantitative estimate of drug-likeness (QED) is 0.710. The molecule has 0 spiro atoms. The number of carbonyl (C=O) groups excluding carboxylic acids is 2. The van der Waals surface area contributed by atoms with Gasteiger partial charge in [0.1, 0.15) is 11.6 Å². The molecule has 0 aromatic heterocycles. The van der Waals surface area contributed by atoms with Crippen molar-refractivity contribution in [1.82, 2.24) is 5.32 Å². The molecule has 0 bridgehead atoms. The zero-order valence-electron chi connectivity index (χ0n) is 12.1. The maximum absolute atomic E-state index is 11.6. The first kappa shape index (κ1) is 16.3. The zero-order chi connectivity index (χ0) is 13.6. The summed E-state index contributed by atoms with van der Waals surface area (Å²) < 4.78 is 0. The van der Waals surface area contributed by atoms with Crippen LogP contribution in [0, 0.1) is 11.3 Å². The average molecular weight is 241 g/mol. The molecule has 0 radical (unpaired) electrons. The molecule has 0 aromatic carbocycles. The van der Waals surface area contributed by atoms with Gasteiger partial charge in [0.15, 0.2) is 0 Å². The van der Waals surface area contributed by atoms with Crippen molar-refractivity contribution in [2.45, 2.75) is 59.9 Å². The van der Waals surface area contributed by atoms with Gasteiger partial charge in [-0.3, -0.25) is 9.59 Å². The highest BCUT2D eigenvalue weighted by Crippen LogP contribution is 2.32. The summed E-state index contributed by atoms with van der Waals surface area (Å²) >= 11 is 0. The Bertz CT molecular complexity index is 271. The van der Waals surface area contributed by atoms with Gasteiger partial charge in [-0.15, -0.1) is 0 Å². The van der Waals surface area contributed by atoms with Crippen molar-refractivity contribution in [1.29, 1.82) is 0 Å². The largest absolute Gasteiger partial charge is 0.310 e. The highest BCUT2D eigenvalue weighted by atomic mass is 16.1. The van der Waals surface area contributed by atoms with E-state index in [1.54, 1.807) is 20.9 Å². The molecule has 0 amide bonds. The fourth-order valence-electron chi connectivity index (χ4n) is 2.69. The molecule has 0 heterocycles. The molecule has 2 unspecified atom stereocenters. The van der Waals surface area contributed by atoms with Crippen LogP contribution in [0.25, 0.3) is 0 Å². The van der Waals surface area contributed by atoms with Gasteiger partial charge in [-0.1, -0.05) is 27.2 Å². The molecule has 0 rings (SSSR count). The lowest BCUT2D eigenvalue weighted by atomic mass is 9.73. The molecular weight excluding hydrogens is 214 g/mol. The molecule has 0 aliphatic heterocycles. The Balaban J connectivity index is 4.79. The first-order valence-corrected chi connectivity index (χ1v) is 6.44. The summed E-state index contributed by atoms with van der Waals surface area (Å²) in [5.41, 5.74) is -0.188. The van der Waals surface area contributed by atoms with E-state index in [0.29, 0.717) is 0 Å².